The Kier molecular flexibility index (Phi) is 7.83. The molecule has 0 N–H and O–H groups in total. The zero-order valence-electron chi connectivity index (χ0n) is 10.5. The quantitative estimate of drug-likeness (QED) is 0.624. The molecule has 0 aromatic heterocycles. The lowest BCUT2D eigenvalue weighted by Crippen LogP contribution is -2.21. The molecule has 5 nitrogen and oxygen atoms in total. The Hall–Kier alpha value is -0.870. The van der Waals surface area contributed by atoms with Gasteiger partial charge in [-0.3, -0.25) is 4.57 Å². The Morgan fingerprint density at radius 1 is 1.12 bits per heavy atom. The first-order valence-corrected chi connectivity index (χ1v) is 7.38. The number of nitriles is 2. The molecule has 0 radical (unpaired) electrons. The molecule has 0 rings (SSSR count). The van der Waals surface area contributed by atoms with E-state index in [2.05, 4.69) is 0 Å². The van der Waals surface area contributed by atoms with Gasteiger partial charge in [0, 0.05) is 0 Å². The first-order chi connectivity index (χ1) is 8.09. The third-order valence-corrected chi connectivity index (χ3v) is 4.88. The smallest absolute Gasteiger partial charge is 0.309 e. The van der Waals surface area contributed by atoms with E-state index >= 15 is 0 Å². The van der Waals surface area contributed by atoms with Crippen LogP contribution in [-0.2, 0) is 13.6 Å². The van der Waals surface area contributed by atoms with Gasteiger partial charge in [-0.05, 0) is 20.3 Å². The topological polar surface area (TPSA) is 83.1 Å². The molecule has 0 aromatic carbocycles. The first-order valence-electron chi connectivity index (χ1n) is 5.77. The summed E-state index contributed by atoms with van der Waals surface area (Å²) in [5, 5.41) is 17.8. The maximum absolute atomic E-state index is 12.5. The second-order valence-corrected chi connectivity index (χ2v) is 5.73. The van der Waals surface area contributed by atoms with Crippen molar-refractivity contribution in [3.63, 3.8) is 0 Å². The van der Waals surface area contributed by atoms with Crippen LogP contribution >= 0.6 is 7.60 Å². The highest BCUT2D eigenvalue weighted by Gasteiger charge is 2.40. The van der Waals surface area contributed by atoms with Crippen LogP contribution in [0.25, 0.3) is 0 Å². The summed E-state index contributed by atoms with van der Waals surface area (Å²) < 4.78 is 22.9. The molecule has 0 saturated heterocycles. The number of nitrogens with zero attached hydrogens (tertiary/aromatic N) is 2. The van der Waals surface area contributed by atoms with E-state index in [9.17, 15) is 4.57 Å². The molecule has 0 saturated carbocycles. The Balaban J connectivity index is 5.17. The van der Waals surface area contributed by atoms with Crippen molar-refractivity contribution < 1.29 is 13.6 Å². The maximum atomic E-state index is 12.5. The predicted octanol–water partition coefficient (Wildman–Crippen LogP) is 3.08. The van der Waals surface area contributed by atoms with E-state index in [0.29, 0.717) is 12.8 Å². The summed E-state index contributed by atoms with van der Waals surface area (Å²) in [4.78, 5) is 0. The minimum absolute atomic E-state index is 0.237. The minimum atomic E-state index is -3.38. The molecule has 1 atom stereocenters. The Morgan fingerprint density at radius 2 is 1.59 bits per heavy atom. The van der Waals surface area contributed by atoms with Crippen LogP contribution in [-0.4, -0.2) is 18.9 Å². The van der Waals surface area contributed by atoms with Crippen LogP contribution in [0.1, 0.15) is 33.6 Å². The van der Waals surface area contributed by atoms with Crippen LogP contribution in [0.4, 0.5) is 0 Å². The highest BCUT2D eigenvalue weighted by atomic mass is 31.2. The largest absolute Gasteiger partial charge is 0.336 e. The molecular weight excluding hydrogens is 239 g/mol. The maximum Gasteiger partial charge on any atom is 0.336 e. The van der Waals surface area contributed by atoms with Crippen molar-refractivity contribution >= 4 is 7.60 Å². The van der Waals surface area contributed by atoms with Gasteiger partial charge in [0.2, 0.25) is 0 Å². The van der Waals surface area contributed by atoms with Crippen molar-refractivity contribution in [3.8, 4) is 12.1 Å². The summed E-state index contributed by atoms with van der Waals surface area (Å²) in [6, 6.07) is 3.73. The third-order valence-electron chi connectivity index (χ3n) is 2.27. The standard InChI is InChI=1S/C11H19N2O3P/c1-4-7-11(10(8-12)9-13)17(14,15-5-2)16-6-3/h10-11H,4-7H2,1-3H3. The minimum Gasteiger partial charge on any atom is -0.309 e. The van der Waals surface area contributed by atoms with Crippen LogP contribution < -0.4 is 0 Å². The van der Waals surface area contributed by atoms with Gasteiger partial charge < -0.3 is 9.05 Å². The molecule has 1 unspecified atom stereocenters. The van der Waals surface area contributed by atoms with Crippen LogP contribution in [0.15, 0.2) is 0 Å². The second kappa shape index (κ2) is 8.25. The molecule has 0 aliphatic rings. The average molecular weight is 258 g/mol. The van der Waals surface area contributed by atoms with Crippen LogP contribution in [0, 0.1) is 28.6 Å². The molecule has 17 heavy (non-hydrogen) atoms. The Bertz CT molecular complexity index is 322. The van der Waals surface area contributed by atoms with Crippen molar-refractivity contribution in [2.24, 2.45) is 5.92 Å². The van der Waals surface area contributed by atoms with Gasteiger partial charge in [0.25, 0.3) is 0 Å². The lowest BCUT2D eigenvalue weighted by molar-refractivity contribution is 0.207. The second-order valence-electron chi connectivity index (χ2n) is 3.47. The van der Waals surface area contributed by atoms with Gasteiger partial charge in [-0.15, -0.1) is 0 Å². The van der Waals surface area contributed by atoms with Crippen molar-refractivity contribution in [1.29, 1.82) is 10.5 Å². The van der Waals surface area contributed by atoms with Crippen molar-refractivity contribution in [2.45, 2.75) is 39.3 Å². The molecule has 0 bridgehead atoms. The molecule has 96 valence electrons. The molecule has 0 spiro atoms. The van der Waals surface area contributed by atoms with Crippen LogP contribution in [0.5, 0.6) is 0 Å². The molecule has 6 heteroatoms. The highest BCUT2D eigenvalue weighted by molar-refractivity contribution is 7.54. The van der Waals surface area contributed by atoms with Crippen molar-refractivity contribution in [2.75, 3.05) is 13.2 Å². The van der Waals surface area contributed by atoms with Gasteiger partial charge in [-0.25, -0.2) is 0 Å². The van der Waals surface area contributed by atoms with Crippen LogP contribution in [0.3, 0.4) is 0 Å². The van der Waals surface area contributed by atoms with Gasteiger partial charge in [-0.1, -0.05) is 13.3 Å². The fourth-order valence-corrected chi connectivity index (χ4v) is 3.84. The fourth-order valence-electron chi connectivity index (χ4n) is 1.59. The first kappa shape index (κ1) is 16.1. The third kappa shape index (κ3) is 4.48. The van der Waals surface area contributed by atoms with E-state index in [4.69, 9.17) is 19.6 Å². The summed E-state index contributed by atoms with van der Waals surface area (Å²) in [5.74, 6) is -0.959. The van der Waals surface area contributed by atoms with E-state index in [-0.39, 0.29) is 13.2 Å². The molecular formula is C11H19N2O3P. The van der Waals surface area contributed by atoms with Crippen molar-refractivity contribution in [1.82, 2.24) is 0 Å². The molecule has 0 aliphatic heterocycles. The number of hydrogen-bond donors (Lipinski definition) is 0. The zero-order valence-corrected chi connectivity index (χ0v) is 11.4. The monoisotopic (exact) mass is 258 g/mol. The Labute approximate surface area is 103 Å². The van der Waals surface area contributed by atoms with E-state index in [1.165, 1.54) is 0 Å². The Morgan fingerprint density at radius 3 is 1.88 bits per heavy atom. The van der Waals surface area contributed by atoms with Gasteiger partial charge in [0.1, 0.15) is 5.92 Å². The SMILES string of the molecule is CCCC(C(C#N)C#N)P(=O)(OCC)OCC. The fraction of sp³-hybridized carbons (Fsp3) is 0.818. The summed E-state index contributed by atoms with van der Waals surface area (Å²) >= 11 is 0. The lowest BCUT2D eigenvalue weighted by Gasteiger charge is -2.26. The number of rotatable bonds is 8. The van der Waals surface area contributed by atoms with Crippen LogP contribution in [0.2, 0.25) is 0 Å². The summed E-state index contributed by atoms with van der Waals surface area (Å²) in [5.41, 5.74) is -0.664. The number of hydrogen-bond acceptors (Lipinski definition) is 5. The molecule has 0 aromatic rings. The van der Waals surface area contributed by atoms with Gasteiger partial charge in [0.15, 0.2) is 0 Å². The molecule has 0 aliphatic carbocycles. The van der Waals surface area contributed by atoms with E-state index < -0.39 is 19.2 Å². The summed E-state index contributed by atoms with van der Waals surface area (Å²) in [6.07, 6.45) is 1.19. The predicted molar refractivity (Wildman–Crippen MR) is 64.3 cm³/mol. The zero-order chi connectivity index (χ0) is 13.3. The van der Waals surface area contributed by atoms with Gasteiger partial charge in [0.05, 0.1) is 31.0 Å². The van der Waals surface area contributed by atoms with E-state index in [1.807, 2.05) is 19.1 Å². The molecule has 0 fully saturated rings. The molecule has 0 amide bonds. The highest BCUT2D eigenvalue weighted by Crippen LogP contribution is 2.56. The summed E-state index contributed by atoms with van der Waals surface area (Å²) in [7, 11) is -3.38. The normalized spacial score (nSPS) is 13.1. The summed E-state index contributed by atoms with van der Waals surface area (Å²) in [6.45, 7) is 5.80. The lowest BCUT2D eigenvalue weighted by atomic mass is 10.1. The van der Waals surface area contributed by atoms with Gasteiger partial charge in [-0.2, -0.15) is 10.5 Å². The van der Waals surface area contributed by atoms with E-state index in [0.717, 1.165) is 0 Å². The molecule has 0 heterocycles. The average Bonchev–Trinajstić information content (AvgIpc) is 2.30. The van der Waals surface area contributed by atoms with E-state index in [1.54, 1.807) is 13.8 Å². The van der Waals surface area contributed by atoms with Crippen molar-refractivity contribution in [3.05, 3.63) is 0 Å². The van der Waals surface area contributed by atoms with Gasteiger partial charge >= 0.3 is 7.60 Å².